The van der Waals surface area contributed by atoms with E-state index in [9.17, 15) is 4.79 Å². The van der Waals surface area contributed by atoms with Crippen LogP contribution in [0.4, 0.5) is 11.6 Å². The summed E-state index contributed by atoms with van der Waals surface area (Å²) in [5.74, 6) is 2.16. The van der Waals surface area contributed by atoms with E-state index in [0.717, 1.165) is 24.3 Å². The average Bonchev–Trinajstić information content (AvgIpc) is 3.02. The molecule has 1 unspecified atom stereocenters. The summed E-state index contributed by atoms with van der Waals surface area (Å²) >= 11 is 0. The maximum absolute atomic E-state index is 10.6. The predicted octanol–water partition coefficient (Wildman–Crippen LogP) is 1.60. The lowest BCUT2D eigenvalue weighted by Gasteiger charge is -2.33. The Labute approximate surface area is 144 Å². The van der Waals surface area contributed by atoms with E-state index in [4.69, 9.17) is 24.6 Å². The van der Waals surface area contributed by atoms with Crippen molar-refractivity contribution in [1.82, 2.24) is 4.90 Å². The molecule has 0 aliphatic carbocycles. The van der Waals surface area contributed by atoms with Gasteiger partial charge < -0.3 is 24.9 Å². The van der Waals surface area contributed by atoms with Crippen LogP contribution in [-0.4, -0.2) is 43.5 Å². The third kappa shape index (κ3) is 3.09. The molecule has 3 heterocycles. The van der Waals surface area contributed by atoms with Gasteiger partial charge in [0.1, 0.15) is 11.6 Å². The zero-order valence-corrected chi connectivity index (χ0v) is 13.5. The van der Waals surface area contributed by atoms with Gasteiger partial charge in [0.2, 0.25) is 0 Å². The molecule has 0 spiro atoms. The number of nitrogen functional groups attached to an aromatic ring is 1. The van der Waals surface area contributed by atoms with E-state index >= 15 is 0 Å². The lowest BCUT2D eigenvalue weighted by Crippen LogP contribution is -2.40. The van der Waals surface area contributed by atoms with Crippen molar-refractivity contribution >= 4 is 23.9 Å². The number of carbonyl (C=O) groups is 1. The number of aliphatic imine (C=N–C) groups is 1. The van der Waals surface area contributed by atoms with Crippen LogP contribution in [0.1, 0.15) is 17.5 Å². The number of hydrogen-bond donors (Lipinski definition) is 2. The summed E-state index contributed by atoms with van der Waals surface area (Å²) < 4.78 is 16.0. The van der Waals surface area contributed by atoms with E-state index in [0.29, 0.717) is 42.9 Å². The number of nitrogens with one attached hydrogen (secondary N) is 1. The number of amidine groups is 1. The van der Waals surface area contributed by atoms with Gasteiger partial charge in [-0.15, -0.1) is 0 Å². The molecule has 2 aromatic rings. The van der Waals surface area contributed by atoms with E-state index in [2.05, 4.69) is 10.2 Å². The van der Waals surface area contributed by atoms with Crippen molar-refractivity contribution in [2.75, 3.05) is 37.4 Å². The highest BCUT2D eigenvalue weighted by molar-refractivity contribution is 6.10. The van der Waals surface area contributed by atoms with Gasteiger partial charge in [0.25, 0.3) is 6.47 Å². The first kappa shape index (κ1) is 15.7. The molecule has 0 saturated carbocycles. The monoisotopic (exact) mass is 342 g/mol. The Balaban J connectivity index is 1.71. The zero-order chi connectivity index (χ0) is 17.2. The van der Waals surface area contributed by atoms with Gasteiger partial charge in [0.15, 0.2) is 17.8 Å². The van der Waals surface area contributed by atoms with Gasteiger partial charge in [-0.2, -0.15) is 0 Å². The average molecular weight is 342 g/mol. The molecule has 3 N–H and O–H groups in total. The van der Waals surface area contributed by atoms with Gasteiger partial charge in [-0.05, 0) is 12.1 Å². The third-order valence-corrected chi connectivity index (χ3v) is 4.20. The highest BCUT2D eigenvalue weighted by atomic mass is 16.5. The predicted molar refractivity (Wildman–Crippen MR) is 91.5 cm³/mol. The number of hydrogen-bond acceptors (Lipinski definition) is 8. The Morgan fingerprint density at radius 1 is 1.32 bits per heavy atom. The topological polar surface area (TPSA) is 102 Å². The quantitative estimate of drug-likeness (QED) is 0.814. The number of nitrogens with zero attached hydrogens (tertiary/aromatic N) is 2. The number of fused-ring (bicyclic) bond motifs is 1. The first-order valence-corrected chi connectivity index (χ1v) is 8.01. The second-order valence-corrected chi connectivity index (χ2v) is 5.79. The zero-order valence-electron chi connectivity index (χ0n) is 13.5. The van der Waals surface area contributed by atoms with Crippen LogP contribution in [0.3, 0.4) is 0 Å². The first-order valence-electron chi connectivity index (χ1n) is 8.01. The van der Waals surface area contributed by atoms with Crippen molar-refractivity contribution in [3.05, 3.63) is 41.7 Å². The molecule has 8 heteroatoms. The molecule has 130 valence electrons. The van der Waals surface area contributed by atoms with Gasteiger partial charge in [-0.3, -0.25) is 9.69 Å². The van der Waals surface area contributed by atoms with E-state index in [1.54, 1.807) is 24.3 Å². The molecule has 1 aromatic carbocycles. The summed E-state index contributed by atoms with van der Waals surface area (Å²) in [5, 5.41) is 3.25. The molecular weight excluding hydrogens is 324 g/mol. The first-order chi connectivity index (χ1) is 12.2. The van der Waals surface area contributed by atoms with Gasteiger partial charge in [-0.1, -0.05) is 12.1 Å². The van der Waals surface area contributed by atoms with Crippen LogP contribution in [0.2, 0.25) is 0 Å². The van der Waals surface area contributed by atoms with Crippen LogP contribution in [0.5, 0.6) is 5.75 Å². The molecule has 0 amide bonds. The number of carbonyl (C=O) groups excluding carboxylic acids is 1. The molecule has 1 aromatic heterocycles. The number of furan rings is 1. The summed E-state index contributed by atoms with van der Waals surface area (Å²) in [6.07, 6.45) is -0.275. The van der Waals surface area contributed by atoms with Crippen molar-refractivity contribution in [2.45, 2.75) is 6.17 Å². The minimum absolute atomic E-state index is 0.275. The smallest absolute Gasteiger partial charge is 0.298 e. The van der Waals surface area contributed by atoms with Crippen molar-refractivity contribution in [2.24, 2.45) is 4.99 Å². The standard InChI is InChI=1S/C17H18N4O4/c18-14-9-13-15(25-14)17(21-4-6-23-7-5-21)20-16(19-13)11-2-1-3-12(8-11)24-10-22/h1-3,8-10,17H,4-7,18H2,(H,19,20). The lowest BCUT2D eigenvalue weighted by atomic mass is 10.1. The van der Waals surface area contributed by atoms with Crippen molar-refractivity contribution < 1.29 is 18.7 Å². The molecule has 0 bridgehead atoms. The summed E-state index contributed by atoms with van der Waals surface area (Å²) in [7, 11) is 0. The van der Waals surface area contributed by atoms with E-state index < -0.39 is 0 Å². The molecule has 8 nitrogen and oxygen atoms in total. The largest absolute Gasteiger partial charge is 0.440 e. The second kappa shape index (κ2) is 6.58. The molecule has 2 aliphatic heterocycles. The highest BCUT2D eigenvalue weighted by Gasteiger charge is 2.32. The molecule has 1 saturated heterocycles. The second-order valence-electron chi connectivity index (χ2n) is 5.79. The normalized spacial score (nSPS) is 20.3. The SMILES string of the molecule is Nc1cc2c(o1)C(N1CCOCC1)N=C(c1cccc(OC=O)c1)N2. The maximum atomic E-state index is 10.6. The van der Waals surface area contributed by atoms with E-state index in [1.807, 2.05) is 6.07 Å². The Morgan fingerprint density at radius 3 is 2.96 bits per heavy atom. The van der Waals surface area contributed by atoms with Gasteiger partial charge in [-0.25, -0.2) is 4.99 Å². The number of morpholine rings is 1. The molecule has 25 heavy (non-hydrogen) atoms. The van der Waals surface area contributed by atoms with Crippen LogP contribution in [-0.2, 0) is 9.53 Å². The highest BCUT2D eigenvalue weighted by Crippen LogP contribution is 2.37. The summed E-state index contributed by atoms with van der Waals surface area (Å²) in [5.41, 5.74) is 7.44. The van der Waals surface area contributed by atoms with E-state index in [1.165, 1.54) is 0 Å². The number of anilines is 2. The van der Waals surface area contributed by atoms with Crippen LogP contribution in [0, 0.1) is 0 Å². The minimum atomic E-state index is -0.275. The third-order valence-electron chi connectivity index (χ3n) is 4.20. The van der Waals surface area contributed by atoms with E-state index in [-0.39, 0.29) is 6.17 Å². The number of benzene rings is 1. The molecule has 4 rings (SSSR count). The molecular formula is C17H18N4O4. The van der Waals surface area contributed by atoms with Crippen LogP contribution in [0.15, 0.2) is 39.7 Å². The molecule has 1 fully saturated rings. The minimum Gasteiger partial charge on any atom is -0.440 e. The Kier molecular flexibility index (Phi) is 4.12. The van der Waals surface area contributed by atoms with Crippen LogP contribution in [0.25, 0.3) is 0 Å². The van der Waals surface area contributed by atoms with Crippen LogP contribution < -0.4 is 15.8 Å². The summed E-state index contributed by atoms with van der Waals surface area (Å²) in [6, 6.07) is 8.92. The number of nitrogens with two attached hydrogens (primary N) is 1. The fourth-order valence-electron chi connectivity index (χ4n) is 3.04. The van der Waals surface area contributed by atoms with Crippen molar-refractivity contribution in [3.8, 4) is 5.75 Å². The summed E-state index contributed by atoms with van der Waals surface area (Å²) in [4.78, 5) is 17.6. The van der Waals surface area contributed by atoms with Crippen LogP contribution >= 0.6 is 0 Å². The summed E-state index contributed by atoms with van der Waals surface area (Å²) in [6.45, 7) is 3.23. The van der Waals surface area contributed by atoms with Gasteiger partial charge in [0, 0.05) is 24.7 Å². The Morgan fingerprint density at radius 2 is 2.16 bits per heavy atom. The van der Waals surface area contributed by atoms with Gasteiger partial charge in [0.05, 0.1) is 18.9 Å². The Hall–Kier alpha value is -2.84. The van der Waals surface area contributed by atoms with Gasteiger partial charge >= 0.3 is 0 Å². The Bertz CT molecular complexity index is 811. The number of rotatable bonds is 4. The fraction of sp³-hybridized carbons (Fsp3) is 0.294. The fourth-order valence-corrected chi connectivity index (χ4v) is 3.04. The molecule has 0 radical (unpaired) electrons. The molecule has 2 aliphatic rings. The van der Waals surface area contributed by atoms with Crippen molar-refractivity contribution in [1.29, 1.82) is 0 Å². The molecule has 1 atom stereocenters. The lowest BCUT2D eigenvalue weighted by molar-refractivity contribution is -0.120. The number of ether oxygens (including phenoxy) is 2. The maximum Gasteiger partial charge on any atom is 0.298 e. The van der Waals surface area contributed by atoms with Crippen molar-refractivity contribution in [3.63, 3.8) is 0 Å².